The Hall–Kier alpha value is -2.71. The van der Waals surface area contributed by atoms with Crippen LogP contribution in [0.3, 0.4) is 0 Å². The molecule has 0 saturated carbocycles. The first-order valence-electron chi connectivity index (χ1n) is 5.97. The van der Waals surface area contributed by atoms with Gasteiger partial charge in [-0.25, -0.2) is 9.67 Å². The molecule has 1 heterocycles. The number of aldehydes is 1. The van der Waals surface area contributed by atoms with Crippen molar-refractivity contribution in [2.45, 2.75) is 13.1 Å². The van der Waals surface area contributed by atoms with Crippen molar-refractivity contribution in [1.82, 2.24) is 9.78 Å². The number of rotatable bonds is 5. The standard InChI is InChI=1S/C13H10F4N4O/c14-12(15)19-4-3-9(18)7-1-2-8-10(6-22)20-21(13(16)17)11(8)5-7/h1-6,12-13H,18H2. The van der Waals surface area contributed by atoms with E-state index in [1.54, 1.807) is 0 Å². The lowest BCUT2D eigenvalue weighted by Crippen LogP contribution is -2.02. The average molecular weight is 314 g/mol. The molecule has 0 aliphatic heterocycles. The highest BCUT2D eigenvalue weighted by Crippen LogP contribution is 2.25. The monoisotopic (exact) mass is 314 g/mol. The topological polar surface area (TPSA) is 73.3 Å². The van der Waals surface area contributed by atoms with Crippen LogP contribution in [0.2, 0.25) is 0 Å². The van der Waals surface area contributed by atoms with Crippen molar-refractivity contribution in [3.05, 3.63) is 35.5 Å². The summed E-state index contributed by atoms with van der Waals surface area (Å²) in [6.45, 7) is -5.79. The third-order valence-electron chi connectivity index (χ3n) is 2.82. The Morgan fingerprint density at radius 2 is 2.05 bits per heavy atom. The van der Waals surface area contributed by atoms with E-state index in [4.69, 9.17) is 5.73 Å². The maximum atomic E-state index is 12.9. The fourth-order valence-electron chi connectivity index (χ4n) is 1.86. The summed E-state index contributed by atoms with van der Waals surface area (Å²) in [5.41, 5.74) is 5.93. The number of nitrogens with zero attached hydrogens (tertiary/aromatic N) is 3. The van der Waals surface area contributed by atoms with E-state index < -0.39 is 13.1 Å². The molecule has 0 atom stereocenters. The molecule has 2 rings (SSSR count). The Morgan fingerprint density at radius 1 is 1.32 bits per heavy atom. The number of fused-ring (bicyclic) bond motifs is 1. The summed E-state index contributed by atoms with van der Waals surface area (Å²) in [5, 5.41) is 3.75. The number of hydrogen-bond donors (Lipinski definition) is 1. The predicted molar refractivity (Wildman–Crippen MR) is 73.0 cm³/mol. The molecule has 1 aromatic carbocycles. The highest BCUT2D eigenvalue weighted by Gasteiger charge is 2.16. The number of nitrogens with two attached hydrogens (primary N) is 1. The van der Waals surface area contributed by atoms with Crippen LogP contribution in [0.25, 0.3) is 16.6 Å². The number of benzene rings is 1. The summed E-state index contributed by atoms with van der Waals surface area (Å²) in [4.78, 5) is 13.7. The zero-order valence-electron chi connectivity index (χ0n) is 11.0. The first-order valence-corrected chi connectivity index (χ1v) is 5.97. The second kappa shape index (κ2) is 6.37. The highest BCUT2D eigenvalue weighted by atomic mass is 19.3. The van der Waals surface area contributed by atoms with Gasteiger partial charge >= 0.3 is 13.1 Å². The number of halogens is 4. The Labute approximate surface area is 121 Å². The van der Waals surface area contributed by atoms with E-state index in [0.29, 0.717) is 16.5 Å². The van der Waals surface area contributed by atoms with E-state index in [1.807, 2.05) is 0 Å². The summed E-state index contributed by atoms with van der Waals surface area (Å²) in [5.74, 6) is 0. The van der Waals surface area contributed by atoms with Gasteiger partial charge in [0.25, 0.3) is 0 Å². The Bertz CT molecular complexity index is 752. The molecule has 1 aromatic heterocycles. The number of hydrogen-bond acceptors (Lipinski definition) is 4. The lowest BCUT2D eigenvalue weighted by atomic mass is 10.1. The lowest BCUT2D eigenvalue weighted by Gasteiger charge is -2.04. The second-order valence-corrected chi connectivity index (χ2v) is 4.16. The highest BCUT2D eigenvalue weighted by molar-refractivity contribution is 5.97. The minimum atomic E-state index is -2.93. The first-order chi connectivity index (χ1) is 10.4. The summed E-state index contributed by atoms with van der Waals surface area (Å²) in [7, 11) is 0. The molecular formula is C13H10F4N4O. The number of carbonyl (C=O) groups is 1. The molecule has 0 bridgehead atoms. The zero-order chi connectivity index (χ0) is 16.3. The Balaban J connectivity index is 2.49. The van der Waals surface area contributed by atoms with Gasteiger partial charge in [0.15, 0.2) is 6.29 Å². The fraction of sp³-hybridized carbons (Fsp3) is 0.154. The molecule has 0 unspecified atom stereocenters. The molecule has 9 heteroatoms. The average Bonchev–Trinajstić information content (AvgIpc) is 2.84. The van der Waals surface area contributed by atoms with Crippen LogP contribution < -0.4 is 5.73 Å². The van der Waals surface area contributed by atoms with Gasteiger partial charge < -0.3 is 5.73 Å². The molecule has 0 saturated heterocycles. The van der Waals surface area contributed by atoms with Crippen LogP contribution in [-0.4, -0.2) is 28.8 Å². The van der Waals surface area contributed by atoms with Crippen molar-refractivity contribution in [2.24, 2.45) is 10.7 Å². The van der Waals surface area contributed by atoms with Crippen molar-refractivity contribution >= 4 is 29.1 Å². The van der Waals surface area contributed by atoms with Gasteiger partial charge in [0, 0.05) is 17.3 Å². The molecule has 22 heavy (non-hydrogen) atoms. The second-order valence-electron chi connectivity index (χ2n) is 4.16. The predicted octanol–water partition coefficient (Wildman–Crippen LogP) is 2.84. The van der Waals surface area contributed by atoms with Crippen LogP contribution >= 0.6 is 0 Å². The van der Waals surface area contributed by atoms with Crippen LogP contribution in [0, 0.1) is 0 Å². The zero-order valence-corrected chi connectivity index (χ0v) is 11.0. The number of allylic oxidation sites excluding steroid dienone is 1. The maximum absolute atomic E-state index is 12.9. The number of aromatic nitrogens is 2. The normalized spacial score (nSPS) is 12.9. The van der Waals surface area contributed by atoms with Gasteiger partial charge in [-0.05, 0) is 23.8 Å². The SMILES string of the molecule is NC(=CC=NC(F)F)c1ccc2c(C=O)nn(C(F)F)c2c1. The van der Waals surface area contributed by atoms with Crippen LogP contribution in [0.1, 0.15) is 22.6 Å². The van der Waals surface area contributed by atoms with E-state index in [9.17, 15) is 22.4 Å². The Kier molecular flexibility index (Phi) is 4.54. The third kappa shape index (κ3) is 3.13. The number of alkyl halides is 4. The number of carbonyl (C=O) groups excluding carboxylic acids is 1. The van der Waals surface area contributed by atoms with E-state index in [2.05, 4.69) is 10.1 Å². The molecule has 0 aliphatic rings. The molecule has 2 aromatic rings. The van der Waals surface area contributed by atoms with Crippen molar-refractivity contribution in [2.75, 3.05) is 0 Å². The molecule has 116 valence electrons. The molecule has 5 nitrogen and oxygen atoms in total. The first kappa shape index (κ1) is 15.7. The summed E-state index contributed by atoms with van der Waals surface area (Å²) < 4.78 is 50.0. The summed E-state index contributed by atoms with van der Waals surface area (Å²) >= 11 is 0. The minimum absolute atomic E-state index is 0.0109. The van der Waals surface area contributed by atoms with Crippen molar-refractivity contribution in [3.63, 3.8) is 0 Å². The van der Waals surface area contributed by atoms with Gasteiger partial charge in [0.05, 0.1) is 5.52 Å². The van der Waals surface area contributed by atoms with Gasteiger partial charge in [-0.1, -0.05) is 6.07 Å². The third-order valence-corrected chi connectivity index (χ3v) is 2.82. The van der Waals surface area contributed by atoms with E-state index >= 15 is 0 Å². The van der Waals surface area contributed by atoms with E-state index in [0.717, 1.165) is 12.3 Å². The molecule has 0 radical (unpaired) electrons. The summed E-state index contributed by atoms with van der Waals surface area (Å²) in [6.07, 6.45) is 2.32. The van der Waals surface area contributed by atoms with Gasteiger partial charge in [0.1, 0.15) is 5.69 Å². The van der Waals surface area contributed by atoms with E-state index in [-0.39, 0.29) is 22.3 Å². The minimum Gasteiger partial charge on any atom is -0.398 e. The van der Waals surface area contributed by atoms with Crippen LogP contribution in [0.5, 0.6) is 0 Å². The van der Waals surface area contributed by atoms with Gasteiger partial charge in [-0.15, -0.1) is 0 Å². The van der Waals surface area contributed by atoms with Crippen LogP contribution in [-0.2, 0) is 0 Å². The van der Waals surface area contributed by atoms with Crippen molar-refractivity contribution < 1.29 is 22.4 Å². The number of aliphatic imine (C=N–C) groups is 1. The van der Waals surface area contributed by atoms with Gasteiger partial charge in [0.2, 0.25) is 0 Å². The largest absolute Gasteiger partial charge is 0.398 e. The van der Waals surface area contributed by atoms with Gasteiger partial charge in [-0.2, -0.15) is 22.7 Å². The molecule has 0 amide bonds. The van der Waals surface area contributed by atoms with Crippen LogP contribution in [0.15, 0.2) is 29.3 Å². The molecule has 0 spiro atoms. The van der Waals surface area contributed by atoms with Crippen molar-refractivity contribution in [1.29, 1.82) is 0 Å². The molecular weight excluding hydrogens is 304 g/mol. The molecule has 0 aliphatic carbocycles. The molecule has 2 N–H and O–H groups in total. The van der Waals surface area contributed by atoms with Gasteiger partial charge in [-0.3, -0.25) is 4.79 Å². The quantitative estimate of drug-likeness (QED) is 0.399. The molecule has 0 fully saturated rings. The summed E-state index contributed by atoms with van der Waals surface area (Å²) in [6, 6.07) is 4.17. The van der Waals surface area contributed by atoms with E-state index in [1.165, 1.54) is 18.2 Å². The lowest BCUT2D eigenvalue weighted by molar-refractivity contribution is 0.0611. The Morgan fingerprint density at radius 3 is 2.64 bits per heavy atom. The smallest absolute Gasteiger partial charge is 0.333 e. The van der Waals surface area contributed by atoms with Crippen molar-refractivity contribution in [3.8, 4) is 0 Å². The van der Waals surface area contributed by atoms with Crippen LogP contribution in [0.4, 0.5) is 17.6 Å². The fourth-order valence-corrected chi connectivity index (χ4v) is 1.86. The maximum Gasteiger partial charge on any atom is 0.333 e.